The van der Waals surface area contributed by atoms with Crippen LogP contribution in [0.5, 0.6) is 0 Å². The van der Waals surface area contributed by atoms with E-state index in [2.05, 4.69) is 41.1 Å². The molecule has 2 nitrogen and oxygen atoms in total. The fourth-order valence-corrected chi connectivity index (χ4v) is 2.01. The lowest BCUT2D eigenvalue weighted by Crippen LogP contribution is -1.97. The summed E-state index contributed by atoms with van der Waals surface area (Å²) in [7, 11) is 0. The Bertz CT molecular complexity index is 398. The largest absolute Gasteiger partial charge is 0.272 e. The van der Waals surface area contributed by atoms with Crippen LogP contribution in [-0.2, 0) is 6.54 Å². The fraction of sp³-hybridized carbons (Fsp3) is 0.500. The number of aromatic nitrogens is 2. The predicted octanol–water partition coefficient (Wildman–Crippen LogP) is 4.01. The standard InChI is InChI=1S/C14H20N2/c1-2-3-4-5-8-11-16-12-13-9-6-7-10-14(13)15-16/h6-7,9-10,12H,2-5,8,11H2,1H3. The number of hydrogen-bond acceptors (Lipinski definition) is 1. The van der Waals surface area contributed by atoms with Gasteiger partial charge in [0.25, 0.3) is 0 Å². The molecular weight excluding hydrogens is 196 g/mol. The average molecular weight is 216 g/mol. The highest BCUT2D eigenvalue weighted by atomic mass is 15.3. The van der Waals surface area contributed by atoms with Gasteiger partial charge in [-0.1, -0.05) is 50.8 Å². The Morgan fingerprint density at radius 1 is 1.06 bits per heavy atom. The van der Waals surface area contributed by atoms with Crippen LogP contribution in [0.4, 0.5) is 0 Å². The highest BCUT2D eigenvalue weighted by molar-refractivity contribution is 5.77. The van der Waals surface area contributed by atoms with Crippen LogP contribution in [-0.4, -0.2) is 9.78 Å². The van der Waals surface area contributed by atoms with Gasteiger partial charge in [0, 0.05) is 18.1 Å². The van der Waals surface area contributed by atoms with Gasteiger partial charge in [0.15, 0.2) is 0 Å². The minimum Gasteiger partial charge on any atom is -0.272 e. The van der Waals surface area contributed by atoms with Crippen LogP contribution < -0.4 is 0 Å². The summed E-state index contributed by atoms with van der Waals surface area (Å²) in [6, 6.07) is 8.30. The van der Waals surface area contributed by atoms with Gasteiger partial charge in [0.2, 0.25) is 0 Å². The molecule has 0 radical (unpaired) electrons. The Labute approximate surface area is 97.3 Å². The molecule has 1 aromatic carbocycles. The first-order chi connectivity index (χ1) is 7.90. The molecule has 1 aromatic heterocycles. The fourth-order valence-electron chi connectivity index (χ4n) is 2.01. The van der Waals surface area contributed by atoms with Crippen LogP contribution >= 0.6 is 0 Å². The number of rotatable bonds is 6. The van der Waals surface area contributed by atoms with Crippen molar-refractivity contribution in [3.8, 4) is 0 Å². The van der Waals surface area contributed by atoms with E-state index < -0.39 is 0 Å². The molecular formula is C14H20N2. The van der Waals surface area contributed by atoms with Crippen LogP contribution in [0.1, 0.15) is 39.0 Å². The van der Waals surface area contributed by atoms with Crippen molar-refractivity contribution in [1.29, 1.82) is 0 Å². The first-order valence-corrected chi connectivity index (χ1v) is 6.32. The molecule has 2 aromatic rings. The average Bonchev–Trinajstić information content (AvgIpc) is 2.71. The smallest absolute Gasteiger partial charge is 0.0923 e. The van der Waals surface area contributed by atoms with E-state index in [1.54, 1.807) is 0 Å². The molecule has 0 aliphatic carbocycles. The lowest BCUT2D eigenvalue weighted by molar-refractivity contribution is 0.536. The van der Waals surface area contributed by atoms with E-state index in [0.29, 0.717) is 0 Å². The van der Waals surface area contributed by atoms with E-state index in [-0.39, 0.29) is 0 Å². The van der Waals surface area contributed by atoms with E-state index in [1.807, 2.05) is 6.07 Å². The minimum absolute atomic E-state index is 1.05. The van der Waals surface area contributed by atoms with Crippen LogP contribution in [0.3, 0.4) is 0 Å². The molecule has 0 saturated heterocycles. The quantitative estimate of drug-likeness (QED) is 0.667. The second-order valence-electron chi connectivity index (χ2n) is 4.37. The summed E-state index contributed by atoms with van der Waals surface area (Å²) < 4.78 is 2.08. The van der Waals surface area contributed by atoms with Crippen LogP contribution in [0.15, 0.2) is 30.5 Å². The summed E-state index contributed by atoms with van der Waals surface area (Å²) in [5.41, 5.74) is 1.11. The third-order valence-corrected chi connectivity index (χ3v) is 2.95. The lowest BCUT2D eigenvalue weighted by atomic mass is 10.1. The van der Waals surface area contributed by atoms with Gasteiger partial charge in [0.05, 0.1) is 5.52 Å². The third-order valence-electron chi connectivity index (χ3n) is 2.95. The van der Waals surface area contributed by atoms with Gasteiger partial charge in [-0.25, -0.2) is 0 Å². The number of aryl methyl sites for hydroxylation is 1. The van der Waals surface area contributed by atoms with Crippen LogP contribution in [0, 0.1) is 0 Å². The number of fused-ring (bicyclic) bond motifs is 1. The molecule has 2 rings (SSSR count). The maximum atomic E-state index is 4.55. The van der Waals surface area contributed by atoms with E-state index >= 15 is 0 Å². The minimum atomic E-state index is 1.05. The Kier molecular flexibility index (Phi) is 3.97. The maximum absolute atomic E-state index is 4.55. The first kappa shape index (κ1) is 11.2. The van der Waals surface area contributed by atoms with Crippen molar-refractivity contribution in [2.24, 2.45) is 0 Å². The maximum Gasteiger partial charge on any atom is 0.0923 e. The van der Waals surface area contributed by atoms with Gasteiger partial charge < -0.3 is 0 Å². The SMILES string of the molecule is CCCCCCCn1cc2ccccc2n1. The molecule has 0 amide bonds. The molecule has 1 heterocycles. The molecule has 0 N–H and O–H groups in total. The number of hydrogen-bond donors (Lipinski definition) is 0. The lowest BCUT2D eigenvalue weighted by Gasteiger charge is -2.00. The van der Waals surface area contributed by atoms with Crippen molar-refractivity contribution < 1.29 is 0 Å². The molecule has 0 unspecified atom stereocenters. The van der Waals surface area contributed by atoms with Crippen LogP contribution in [0.25, 0.3) is 10.9 Å². The van der Waals surface area contributed by atoms with Gasteiger partial charge in [-0.05, 0) is 12.5 Å². The van der Waals surface area contributed by atoms with Crippen molar-refractivity contribution in [3.05, 3.63) is 30.5 Å². The molecule has 0 spiro atoms. The van der Waals surface area contributed by atoms with E-state index in [4.69, 9.17) is 0 Å². The Hall–Kier alpha value is -1.31. The highest BCUT2D eigenvalue weighted by Crippen LogP contribution is 2.12. The van der Waals surface area contributed by atoms with Gasteiger partial charge in [-0.2, -0.15) is 5.10 Å². The van der Waals surface area contributed by atoms with Crippen molar-refractivity contribution in [2.45, 2.75) is 45.6 Å². The monoisotopic (exact) mass is 216 g/mol. The van der Waals surface area contributed by atoms with Gasteiger partial charge >= 0.3 is 0 Å². The Morgan fingerprint density at radius 3 is 2.69 bits per heavy atom. The van der Waals surface area contributed by atoms with E-state index in [9.17, 15) is 0 Å². The molecule has 0 saturated carbocycles. The topological polar surface area (TPSA) is 17.8 Å². The molecule has 16 heavy (non-hydrogen) atoms. The summed E-state index contributed by atoms with van der Waals surface area (Å²) in [4.78, 5) is 0. The van der Waals surface area contributed by atoms with Crippen LogP contribution in [0.2, 0.25) is 0 Å². The summed E-state index contributed by atoms with van der Waals surface area (Å²) in [5, 5.41) is 5.79. The number of unbranched alkanes of at least 4 members (excludes halogenated alkanes) is 4. The van der Waals surface area contributed by atoms with E-state index in [1.165, 1.54) is 37.5 Å². The highest BCUT2D eigenvalue weighted by Gasteiger charge is 1.98. The molecule has 0 aliphatic heterocycles. The normalized spacial score (nSPS) is 11.1. The summed E-state index contributed by atoms with van der Waals surface area (Å²) in [6.45, 7) is 3.30. The zero-order valence-electron chi connectivity index (χ0n) is 10.0. The second kappa shape index (κ2) is 5.69. The number of benzene rings is 1. The second-order valence-corrected chi connectivity index (χ2v) is 4.37. The van der Waals surface area contributed by atoms with Crippen molar-refractivity contribution in [1.82, 2.24) is 9.78 Å². The van der Waals surface area contributed by atoms with Gasteiger partial charge in [-0.15, -0.1) is 0 Å². The van der Waals surface area contributed by atoms with Gasteiger partial charge in [-0.3, -0.25) is 4.68 Å². The van der Waals surface area contributed by atoms with Gasteiger partial charge in [0.1, 0.15) is 0 Å². The summed E-state index contributed by atoms with van der Waals surface area (Å²) in [6.07, 6.45) is 8.75. The molecule has 0 bridgehead atoms. The molecule has 0 aliphatic rings. The summed E-state index contributed by atoms with van der Waals surface area (Å²) >= 11 is 0. The van der Waals surface area contributed by atoms with Crippen molar-refractivity contribution >= 4 is 10.9 Å². The zero-order chi connectivity index (χ0) is 11.2. The third kappa shape index (κ3) is 2.84. The first-order valence-electron chi connectivity index (χ1n) is 6.32. The van der Waals surface area contributed by atoms with Crippen molar-refractivity contribution in [3.63, 3.8) is 0 Å². The molecule has 0 atom stereocenters. The molecule has 2 heteroatoms. The Balaban J connectivity index is 1.85. The van der Waals surface area contributed by atoms with Crippen molar-refractivity contribution in [2.75, 3.05) is 0 Å². The molecule has 0 fully saturated rings. The number of nitrogens with zero attached hydrogens (tertiary/aromatic N) is 2. The summed E-state index contributed by atoms with van der Waals surface area (Å²) in [5.74, 6) is 0. The predicted molar refractivity (Wildman–Crippen MR) is 68.5 cm³/mol. The zero-order valence-corrected chi connectivity index (χ0v) is 10.0. The van der Waals surface area contributed by atoms with E-state index in [0.717, 1.165) is 12.1 Å². The molecule has 86 valence electrons. The Morgan fingerprint density at radius 2 is 1.88 bits per heavy atom.